The summed E-state index contributed by atoms with van der Waals surface area (Å²) in [5, 5.41) is 2.77. The fourth-order valence-corrected chi connectivity index (χ4v) is 3.09. The van der Waals surface area contributed by atoms with Crippen LogP contribution in [0.25, 0.3) is 11.0 Å². The molecule has 1 amide bonds. The molecular weight excluding hydrogens is 370 g/mol. The van der Waals surface area contributed by atoms with E-state index < -0.39 is 11.5 Å². The molecule has 1 heterocycles. The topological polar surface area (TPSA) is 82.5 Å². The normalized spacial score (nSPS) is 10.8. The number of carbonyl (C=O) groups excluding carboxylic acids is 1. The molecule has 0 spiro atoms. The Morgan fingerprint density at radius 3 is 2.55 bits per heavy atom. The van der Waals surface area contributed by atoms with Crippen LogP contribution in [0.5, 0.6) is 11.5 Å². The first-order valence-electron chi connectivity index (χ1n) is 9.41. The number of hydrogen-bond acceptors (Lipinski definition) is 5. The number of methoxy groups -OCH3 is 1. The minimum Gasteiger partial charge on any atom is -0.493 e. The SMILES string of the molecule is CCOc1ccc(CNC(=O)c2nc3cc(C)c(C)cc3n(C)c2=O)cc1OC. The van der Waals surface area contributed by atoms with E-state index >= 15 is 0 Å². The summed E-state index contributed by atoms with van der Waals surface area (Å²) in [6.45, 7) is 6.61. The Bertz CT molecular complexity index is 1140. The molecule has 0 aliphatic rings. The first kappa shape index (κ1) is 20.4. The largest absolute Gasteiger partial charge is 0.493 e. The van der Waals surface area contributed by atoms with Crippen molar-refractivity contribution in [1.29, 1.82) is 0 Å². The van der Waals surface area contributed by atoms with Crippen LogP contribution in [0.2, 0.25) is 0 Å². The average molecular weight is 395 g/mol. The highest BCUT2D eigenvalue weighted by Gasteiger charge is 2.17. The molecule has 0 atom stereocenters. The number of carbonyl (C=O) groups is 1. The highest BCUT2D eigenvalue weighted by Crippen LogP contribution is 2.28. The maximum atomic E-state index is 12.7. The molecule has 0 radical (unpaired) electrons. The van der Waals surface area contributed by atoms with Gasteiger partial charge in [0, 0.05) is 13.6 Å². The molecule has 0 saturated carbocycles. The van der Waals surface area contributed by atoms with Gasteiger partial charge in [-0.05, 0) is 61.7 Å². The second-order valence-corrected chi connectivity index (χ2v) is 6.85. The fourth-order valence-electron chi connectivity index (χ4n) is 3.09. The van der Waals surface area contributed by atoms with Gasteiger partial charge in [-0.1, -0.05) is 6.07 Å². The Hall–Kier alpha value is -3.35. The predicted molar refractivity (Wildman–Crippen MR) is 112 cm³/mol. The molecule has 2 aromatic carbocycles. The van der Waals surface area contributed by atoms with E-state index in [-0.39, 0.29) is 12.2 Å². The van der Waals surface area contributed by atoms with Crippen LogP contribution >= 0.6 is 0 Å². The van der Waals surface area contributed by atoms with Crippen LogP contribution in [-0.2, 0) is 13.6 Å². The second-order valence-electron chi connectivity index (χ2n) is 6.85. The van der Waals surface area contributed by atoms with E-state index in [0.29, 0.717) is 29.1 Å². The van der Waals surface area contributed by atoms with Crippen LogP contribution in [0.3, 0.4) is 0 Å². The molecule has 152 valence electrons. The van der Waals surface area contributed by atoms with Crippen molar-refractivity contribution >= 4 is 16.9 Å². The predicted octanol–water partition coefficient (Wildman–Crippen LogP) is 2.89. The van der Waals surface area contributed by atoms with E-state index in [0.717, 1.165) is 16.7 Å². The molecule has 7 nitrogen and oxygen atoms in total. The Balaban J connectivity index is 1.86. The lowest BCUT2D eigenvalue weighted by atomic mass is 10.1. The zero-order chi connectivity index (χ0) is 21.1. The summed E-state index contributed by atoms with van der Waals surface area (Å²) in [7, 11) is 3.21. The summed E-state index contributed by atoms with van der Waals surface area (Å²) in [5.41, 5.74) is 3.70. The van der Waals surface area contributed by atoms with Crippen LogP contribution in [0.4, 0.5) is 0 Å². The van der Waals surface area contributed by atoms with E-state index in [2.05, 4.69) is 10.3 Å². The standard InChI is InChI=1S/C22H25N3O4/c1-6-29-18-8-7-15(11-19(18)28-5)12-23-21(26)20-22(27)25(4)17-10-14(3)13(2)9-16(17)24-20/h7-11H,6,12H2,1-5H3,(H,23,26). The number of nitrogens with one attached hydrogen (secondary N) is 1. The van der Waals surface area contributed by atoms with E-state index in [4.69, 9.17) is 9.47 Å². The monoisotopic (exact) mass is 395 g/mol. The van der Waals surface area contributed by atoms with Gasteiger partial charge < -0.3 is 19.4 Å². The number of rotatable bonds is 6. The Morgan fingerprint density at radius 1 is 1.14 bits per heavy atom. The molecule has 0 aliphatic heterocycles. The summed E-state index contributed by atoms with van der Waals surface area (Å²) >= 11 is 0. The van der Waals surface area contributed by atoms with E-state index in [9.17, 15) is 9.59 Å². The van der Waals surface area contributed by atoms with Crippen molar-refractivity contribution in [3.8, 4) is 11.5 Å². The third kappa shape index (κ3) is 4.08. The molecule has 0 saturated heterocycles. The molecule has 29 heavy (non-hydrogen) atoms. The zero-order valence-corrected chi connectivity index (χ0v) is 17.3. The molecule has 0 unspecified atom stereocenters. The van der Waals surface area contributed by atoms with Crippen molar-refractivity contribution in [2.45, 2.75) is 27.3 Å². The van der Waals surface area contributed by atoms with Crippen molar-refractivity contribution in [3.05, 3.63) is 63.1 Å². The lowest BCUT2D eigenvalue weighted by Crippen LogP contribution is -2.33. The first-order valence-corrected chi connectivity index (χ1v) is 9.41. The van der Waals surface area contributed by atoms with Gasteiger partial charge in [0.1, 0.15) is 0 Å². The molecule has 3 aromatic rings. The van der Waals surface area contributed by atoms with Crippen LogP contribution in [0.15, 0.2) is 35.1 Å². The summed E-state index contributed by atoms with van der Waals surface area (Å²) in [5.74, 6) is 0.712. The lowest BCUT2D eigenvalue weighted by Gasteiger charge is -2.12. The summed E-state index contributed by atoms with van der Waals surface area (Å²) < 4.78 is 12.3. The maximum absolute atomic E-state index is 12.7. The number of fused-ring (bicyclic) bond motifs is 1. The number of aryl methyl sites for hydroxylation is 3. The Labute approximate surface area is 169 Å². The molecule has 3 rings (SSSR count). The Kier molecular flexibility index (Phi) is 5.87. The van der Waals surface area contributed by atoms with Crippen molar-refractivity contribution in [2.75, 3.05) is 13.7 Å². The number of nitrogens with zero attached hydrogens (tertiary/aromatic N) is 2. The number of hydrogen-bond donors (Lipinski definition) is 1. The van der Waals surface area contributed by atoms with Crippen LogP contribution in [0.1, 0.15) is 34.1 Å². The van der Waals surface area contributed by atoms with Gasteiger partial charge in [-0.2, -0.15) is 0 Å². The molecule has 7 heteroatoms. The van der Waals surface area contributed by atoms with Gasteiger partial charge in [-0.25, -0.2) is 4.98 Å². The first-order chi connectivity index (χ1) is 13.8. The summed E-state index contributed by atoms with van der Waals surface area (Å²) in [6.07, 6.45) is 0. The van der Waals surface area contributed by atoms with E-state index in [1.165, 1.54) is 4.57 Å². The van der Waals surface area contributed by atoms with Gasteiger partial charge in [0.05, 0.1) is 24.8 Å². The van der Waals surface area contributed by atoms with Crippen molar-refractivity contribution in [3.63, 3.8) is 0 Å². The zero-order valence-electron chi connectivity index (χ0n) is 17.3. The number of aromatic nitrogens is 2. The minimum atomic E-state index is -0.515. The van der Waals surface area contributed by atoms with Crippen LogP contribution in [-0.4, -0.2) is 29.2 Å². The van der Waals surface area contributed by atoms with E-state index in [1.807, 2.05) is 39.0 Å². The number of ether oxygens (including phenoxy) is 2. The van der Waals surface area contributed by atoms with Gasteiger partial charge in [-0.15, -0.1) is 0 Å². The molecule has 0 aliphatic carbocycles. The Morgan fingerprint density at radius 2 is 1.86 bits per heavy atom. The highest BCUT2D eigenvalue weighted by atomic mass is 16.5. The third-order valence-electron chi connectivity index (χ3n) is 4.89. The van der Waals surface area contributed by atoms with Gasteiger partial charge >= 0.3 is 0 Å². The average Bonchev–Trinajstić information content (AvgIpc) is 2.71. The van der Waals surface area contributed by atoms with Gasteiger partial charge in [0.2, 0.25) is 0 Å². The van der Waals surface area contributed by atoms with Gasteiger partial charge in [0.15, 0.2) is 17.2 Å². The number of amides is 1. The minimum absolute atomic E-state index is 0.124. The molecular formula is C22H25N3O4. The smallest absolute Gasteiger partial charge is 0.282 e. The quantitative estimate of drug-likeness (QED) is 0.694. The second kappa shape index (κ2) is 8.34. The van der Waals surface area contributed by atoms with E-state index in [1.54, 1.807) is 26.3 Å². The van der Waals surface area contributed by atoms with Crippen molar-refractivity contribution < 1.29 is 14.3 Å². The number of benzene rings is 2. The highest BCUT2D eigenvalue weighted by molar-refractivity contribution is 5.94. The molecule has 0 fully saturated rings. The maximum Gasteiger partial charge on any atom is 0.282 e. The van der Waals surface area contributed by atoms with Crippen molar-refractivity contribution in [1.82, 2.24) is 14.9 Å². The van der Waals surface area contributed by atoms with Gasteiger partial charge in [-0.3, -0.25) is 9.59 Å². The lowest BCUT2D eigenvalue weighted by molar-refractivity contribution is 0.0944. The third-order valence-corrected chi connectivity index (χ3v) is 4.89. The summed E-state index contributed by atoms with van der Waals surface area (Å²) in [6, 6.07) is 9.22. The van der Waals surface area contributed by atoms with Crippen LogP contribution < -0.4 is 20.3 Å². The van der Waals surface area contributed by atoms with Crippen LogP contribution in [0, 0.1) is 13.8 Å². The molecule has 1 N–H and O–H groups in total. The molecule has 0 bridgehead atoms. The van der Waals surface area contributed by atoms with Gasteiger partial charge in [0.25, 0.3) is 11.5 Å². The van der Waals surface area contributed by atoms with Crippen molar-refractivity contribution in [2.24, 2.45) is 7.05 Å². The summed E-state index contributed by atoms with van der Waals surface area (Å²) in [4.78, 5) is 29.7. The fraction of sp³-hybridized carbons (Fsp3) is 0.318. The molecule has 1 aromatic heterocycles.